The molecule has 1 fully saturated rings. The van der Waals surface area contributed by atoms with Crippen molar-refractivity contribution in [3.63, 3.8) is 0 Å². The highest BCUT2D eigenvalue weighted by atomic mass is 32.2. The maximum atomic E-state index is 5.57. The number of hydrogen-bond acceptors (Lipinski definition) is 5. The summed E-state index contributed by atoms with van der Waals surface area (Å²) < 4.78 is 5.57. The van der Waals surface area contributed by atoms with Crippen LogP contribution >= 0.6 is 11.8 Å². The van der Waals surface area contributed by atoms with E-state index in [-0.39, 0.29) is 0 Å². The number of aromatic nitrogens is 2. The summed E-state index contributed by atoms with van der Waals surface area (Å²) in [6.07, 6.45) is 5.47. The van der Waals surface area contributed by atoms with Crippen LogP contribution in [0.25, 0.3) is 0 Å². The number of nitrogens with zero attached hydrogens (tertiary/aromatic N) is 2. The van der Waals surface area contributed by atoms with Gasteiger partial charge in [-0.3, -0.25) is 4.98 Å². The Morgan fingerprint density at radius 2 is 2.57 bits per heavy atom. The highest BCUT2D eigenvalue weighted by Gasteiger charge is 2.13. The van der Waals surface area contributed by atoms with Crippen molar-refractivity contribution >= 4 is 11.8 Å². The summed E-state index contributed by atoms with van der Waals surface area (Å²) in [5, 5.41) is 4.26. The Morgan fingerprint density at radius 3 is 3.29 bits per heavy atom. The van der Waals surface area contributed by atoms with Crippen molar-refractivity contribution in [2.24, 2.45) is 0 Å². The second-order valence-electron chi connectivity index (χ2n) is 3.05. The van der Waals surface area contributed by atoms with E-state index in [1.165, 1.54) is 0 Å². The minimum atomic E-state index is 0.302. The fourth-order valence-electron chi connectivity index (χ4n) is 1.27. The summed E-state index contributed by atoms with van der Waals surface area (Å²) in [6, 6.07) is 0. The molecule has 0 aliphatic carbocycles. The molecule has 2 rings (SSSR count). The lowest BCUT2D eigenvalue weighted by molar-refractivity contribution is 0.0440. The molecule has 1 N–H and O–H groups in total. The van der Waals surface area contributed by atoms with E-state index in [1.807, 2.05) is 0 Å². The number of hydrogen-bond donors (Lipinski definition) is 1. The number of nitrogens with one attached hydrogen (secondary N) is 1. The lowest BCUT2D eigenvalue weighted by atomic mass is 10.3. The first-order chi connectivity index (χ1) is 6.95. The van der Waals surface area contributed by atoms with Gasteiger partial charge in [-0.25, -0.2) is 4.98 Å². The quantitative estimate of drug-likeness (QED) is 0.740. The molecule has 1 saturated heterocycles. The smallest absolute Gasteiger partial charge is 0.114 e. The van der Waals surface area contributed by atoms with Gasteiger partial charge in [0, 0.05) is 31.2 Å². The molecule has 1 atom stereocenters. The number of ether oxygens (including phenoxy) is 1. The van der Waals surface area contributed by atoms with Gasteiger partial charge in [0.05, 0.1) is 18.9 Å². The lowest BCUT2D eigenvalue weighted by Gasteiger charge is -2.22. The standard InChI is InChI=1S/C9H13N3OS/c1-2-12-9(6-10-1)14-7-8-5-11-3-4-13-8/h1-2,6,8,11H,3-5,7H2. The van der Waals surface area contributed by atoms with Crippen LogP contribution in [0.15, 0.2) is 23.6 Å². The maximum absolute atomic E-state index is 5.57. The van der Waals surface area contributed by atoms with E-state index in [2.05, 4.69) is 15.3 Å². The molecule has 0 bridgehead atoms. The average Bonchev–Trinajstić information content (AvgIpc) is 2.29. The van der Waals surface area contributed by atoms with E-state index in [9.17, 15) is 0 Å². The first-order valence-corrected chi connectivity index (χ1v) is 5.65. The maximum Gasteiger partial charge on any atom is 0.114 e. The van der Waals surface area contributed by atoms with Crippen LogP contribution in [0, 0.1) is 0 Å². The fraction of sp³-hybridized carbons (Fsp3) is 0.556. The third kappa shape index (κ3) is 2.94. The molecule has 1 aliphatic rings. The molecule has 5 heteroatoms. The molecule has 1 aromatic rings. The minimum Gasteiger partial charge on any atom is -0.375 e. The van der Waals surface area contributed by atoms with Crippen LogP contribution in [0.3, 0.4) is 0 Å². The van der Waals surface area contributed by atoms with Crippen molar-refractivity contribution in [2.45, 2.75) is 11.1 Å². The highest BCUT2D eigenvalue weighted by Crippen LogP contribution is 2.15. The first-order valence-electron chi connectivity index (χ1n) is 4.66. The Morgan fingerprint density at radius 1 is 1.57 bits per heavy atom. The summed E-state index contributed by atoms with van der Waals surface area (Å²) in [7, 11) is 0. The molecule has 14 heavy (non-hydrogen) atoms. The largest absolute Gasteiger partial charge is 0.375 e. The van der Waals surface area contributed by atoms with E-state index < -0.39 is 0 Å². The fourth-order valence-corrected chi connectivity index (χ4v) is 2.11. The van der Waals surface area contributed by atoms with Gasteiger partial charge in [0.25, 0.3) is 0 Å². The van der Waals surface area contributed by atoms with Gasteiger partial charge in [-0.05, 0) is 0 Å². The predicted octanol–water partition coefficient (Wildman–Crippen LogP) is 0.557. The number of rotatable bonds is 3. The Labute approximate surface area is 87.5 Å². The summed E-state index contributed by atoms with van der Waals surface area (Å²) in [6.45, 7) is 2.71. The molecule has 0 saturated carbocycles. The third-order valence-electron chi connectivity index (χ3n) is 1.96. The Bertz CT molecular complexity index is 264. The van der Waals surface area contributed by atoms with Crippen LogP contribution in [0.1, 0.15) is 0 Å². The Kier molecular flexibility index (Phi) is 3.73. The topological polar surface area (TPSA) is 47.0 Å². The predicted molar refractivity (Wildman–Crippen MR) is 55.4 cm³/mol. The van der Waals surface area contributed by atoms with Crippen molar-refractivity contribution in [1.82, 2.24) is 15.3 Å². The Hall–Kier alpha value is -0.650. The molecule has 0 aromatic carbocycles. The Balaban J connectivity index is 1.76. The van der Waals surface area contributed by atoms with E-state index >= 15 is 0 Å². The van der Waals surface area contributed by atoms with Crippen molar-refractivity contribution in [3.8, 4) is 0 Å². The normalized spacial score (nSPS) is 22.1. The zero-order valence-corrected chi connectivity index (χ0v) is 8.67. The minimum absolute atomic E-state index is 0.302. The highest BCUT2D eigenvalue weighted by molar-refractivity contribution is 7.99. The van der Waals surface area contributed by atoms with Crippen LogP contribution < -0.4 is 5.32 Å². The molecule has 0 radical (unpaired) electrons. The SMILES string of the molecule is c1cnc(SCC2CNCCO2)cn1. The molecule has 4 nitrogen and oxygen atoms in total. The van der Waals surface area contributed by atoms with Crippen molar-refractivity contribution in [1.29, 1.82) is 0 Å². The first kappa shape index (κ1) is 9.89. The van der Waals surface area contributed by atoms with Crippen molar-refractivity contribution in [3.05, 3.63) is 18.6 Å². The van der Waals surface area contributed by atoms with Crippen LogP contribution in [0.4, 0.5) is 0 Å². The summed E-state index contributed by atoms with van der Waals surface area (Å²) >= 11 is 1.69. The van der Waals surface area contributed by atoms with Gasteiger partial charge >= 0.3 is 0 Å². The van der Waals surface area contributed by atoms with Crippen LogP contribution in [-0.2, 0) is 4.74 Å². The average molecular weight is 211 g/mol. The molecule has 1 unspecified atom stereocenters. The van der Waals surface area contributed by atoms with Crippen LogP contribution in [0.5, 0.6) is 0 Å². The van der Waals surface area contributed by atoms with E-state index in [4.69, 9.17) is 4.74 Å². The molecular weight excluding hydrogens is 198 g/mol. The van der Waals surface area contributed by atoms with E-state index in [0.29, 0.717) is 6.10 Å². The second-order valence-corrected chi connectivity index (χ2v) is 4.09. The molecule has 1 aliphatic heterocycles. The van der Waals surface area contributed by atoms with E-state index in [1.54, 1.807) is 30.4 Å². The van der Waals surface area contributed by atoms with Gasteiger partial charge in [-0.15, -0.1) is 11.8 Å². The van der Waals surface area contributed by atoms with Crippen molar-refractivity contribution < 1.29 is 4.74 Å². The van der Waals surface area contributed by atoms with Crippen molar-refractivity contribution in [2.75, 3.05) is 25.4 Å². The van der Waals surface area contributed by atoms with Crippen LogP contribution in [0.2, 0.25) is 0 Å². The molecular formula is C9H13N3OS. The van der Waals surface area contributed by atoms with Gasteiger partial charge in [0.1, 0.15) is 5.03 Å². The zero-order chi connectivity index (χ0) is 9.64. The van der Waals surface area contributed by atoms with Gasteiger partial charge in [-0.1, -0.05) is 0 Å². The number of thioether (sulfide) groups is 1. The molecule has 0 spiro atoms. The van der Waals surface area contributed by atoms with E-state index in [0.717, 1.165) is 30.5 Å². The molecule has 2 heterocycles. The summed E-state index contributed by atoms with van der Waals surface area (Å²) in [5.74, 6) is 0.936. The van der Waals surface area contributed by atoms with Gasteiger partial charge in [0.15, 0.2) is 0 Å². The third-order valence-corrected chi connectivity index (χ3v) is 3.01. The zero-order valence-electron chi connectivity index (χ0n) is 7.85. The van der Waals surface area contributed by atoms with Crippen LogP contribution in [-0.4, -0.2) is 41.5 Å². The second kappa shape index (κ2) is 5.29. The number of morpholine rings is 1. The molecule has 1 aromatic heterocycles. The van der Waals surface area contributed by atoms with Gasteiger partial charge in [0.2, 0.25) is 0 Å². The lowest BCUT2D eigenvalue weighted by Crippen LogP contribution is -2.39. The summed E-state index contributed by atoms with van der Waals surface area (Å²) in [4.78, 5) is 8.20. The van der Waals surface area contributed by atoms with Gasteiger partial charge in [-0.2, -0.15) is 0 Å². The van der Waals surface area contributed by atoms with Gasteiger partial charge < -0.3 is 10.1 Å². The molecule has 76 valence electrons. The summed E-state index contributed by atoms with van der Waals surface area (Å²) in [5.41, 5.74) is 0. The molecule has 0 amide bonds. The monoisotopic (exact) mass is 211 g/mol.